The summed E-state index contributed by atoms with van der Waals surface area (Å²) in [7, 11) is 3.96. The van der Waals surface area contributed by atoms with Crippen LogP contribution in [0.1, 0.15) is 37.3 Å². The minimum Gasteiger partial charge on any atom is -0.484 e. The Morgan fingerprint density at radius 3 is 2.52 bits per heavy atom. The topological polar surface area (TPSA) is 69.2 Å². The van der Waals surface area contributed by atoms with E-state index in [1.807, 2.05) is 89.7 Å². The van der Waals surface area contributed by atoms with Crippen molar-refractivity contribution in [3.63, 3.8) is 0 Å². The number of carbonyl (C=O) groups is 2. The van der Waals surface area contributed by atoms with Gasteiger partial charge in [0, 0.05) is 89.1 Å². The molecule has 2 bridgehead atoms. The van der Waals surface area contributed by atoms with Crippen LogP contribution in [0, 0.1) is 0 Å². The molecule has 210 valence electrons. The highest BCUT2D eigenvalue weighted by Gasteiger charge is 2.36. The molecule has 0 aliphatic carbocycles. The first-order chi connectivity index (χ1) is 19.4. The summed E-state index contributed by atoms with van der Waals surface area (Å²) in [6.45, 7) is 4.05. The number of benzene rings is 2. The average Bonchev–Trinajstić information content (AvgIpc) is 3.31. The summed E-state index contributed by atoms with van der Waals surface area (Å²) in [6.07, 6.45) is 6.59. The monoisotopic (exact) mass is 541 g/mol. The van der Waals surface area contributed by atoms with Gasteiger partial charge in [0.25, 0.3) is 5.91 Å². The first-order valence-electron chi connectivity index (χ1n) is 14.1. The van der Waals surface area contributed by atoms with Gasteiger partial charge in [0.1, 0.15) is 5.75 Å². The number of anilines is 2. The zero-order valence-electron chi connectivity index (χ0n) is 23.7. The summed E-state index contributed by atoms with van der Waals surface area (Å²) >= 11 is 0. The predicted octanol–water partition coefficient (Wildman–Crippen LogP) is 4.35. The lowest BCUT2D eigenvalue weighted by molar-refractivity contribution is -0.134. The largest absolute Gasteiger partial charge is 0.484 e. The van der Waals surface area contributed by atoms with Crippen LogP contribution in [0.25, 0.3) is 0 Å². The fraction of sp³-hybridized carbons (Fsp3) is 0.406. The third kappa shape index (κ3) is 6.45. The quantitative estimate of drug-likeness (QED) is 0.462. The second-order valence-corrected chi connectivity index (χ2v) is 11.0. The number of aromatic nitrogens is 1. The maximum absolute atomic E-state index is 13.8. The minimum absolute atomic E-state index is 0.0175. The summed E-state index contributed by atoms with van der Waals surface area (Å²) < 4.78 is 6.01. The Balaban J connectivity index is 1.43. The van der Waals surface area contributed by atoms with E-state index in [1.54, 1.807) is 6.92 Å². The van der Waals surface area contributed by atoms with Crippen molar-refractivity contribution in [1.29, 1.82) is 0 Å². The molecule has 0 spiro atoms. The van der Waals surface area contributed by atoms with Crippen molar-refractivity contribution >= 4 is 23.2 Å². The van der Waals surface area contributed by atoms with E-state index < -0.39 is 0 Å². The molecule has 2 aliphatic rings. The van der Waals surface area contributed by atoms with Gasteiger partial charge in [-0.25, -0.2) is 0 Å². The summed E-state index contributed by atoms with van der Waals surface area (Å²) in [4.78, 5) is 39.2. The van der Waals surface area contributed by atoms with Crippen molar-refractivity contribution in [1.82, 2.24) is 14.8 Å². The number of ether oxygens (including phenoxy) is 1. The Morgan fingerprint density at radius 2 is 1.75 bits per heavy atom. The van der Waals surface area contributed by atoms with Crippen LogP contribution in [0.15, 0.2) is 73.1 Å². The number of amides is 2. The van der Waals surface area contributed by atoms with Crippen LogP contribution in [0.2, 0.25) is 0 Å². The van der Waals surface area contributed by atoms with Gasteiger partial charge in [-0.15, -0.1) is 0 Å². The van der Waals surface area contributed by atoms with E-state index in [9.17, 15) is 9.59 Å². The van der Waals surface area contributed by atoms with E-state index in [4.69, 9.17) is 4.74 Å². The average molecular weight is 542 g/mol. The molecule has 8 nitrogen and oxygen atoms in total. The molecule has 0 radical (unpaired) electrons. The Bertz CT molecular complexity index is 1310. The normalized spacial score (nSPS) is 19.5. The van der Waals surface area contributed by atoms with Gasteiger partial charge in [-0.1, -0.05) is 24.3 Å². The van der Waals surface area contributed by atoms with Crippen molar-refractivity contribution in [3.05, 3.63) is 84.2 Å². The van der Waals surface area contributed by atoms with E-state index >= 15 is 0 Å². The molecule has 2 aliphatic heterocycles. The van der Waals surface area contributed by atoms with E-state index in [0.29, 0.717) is 31.4 Å². The van der Waals surface area contributed by atoms with Crippen LogP contribution in [0.4, 0.5) is 11.4 Å². The molecule has 2 amide bonds. The summed E-state index contributed by atoms with van der Waals surface area (Å²) in [6, 6.07) is 20.4. The van der Waals surface area contributed by atoms with Crippen LogP contribution in [-0.2, 0) is 22.7 Å². The molecule has 1 fully saturated rings. The maximum Gasteiger partial charge on any atom is 0.260 e. The van der Waals surface area contributed by atoms with Crippen LogP contribution in [-0.4, -0.2) is 72.5 Å². The van der Waals surface area contributed by atoms with Crippen molar-refractivity contribution in [2.45, 2.75) is 51.4 Å². The van der Waals surface area contributed by atoms with Crippen molar-refractivity contribution in [2.24, 2.45) is 0 Å². The maximum atomic E-state index is 13.8. The fourth-order valence-corrected chi connectivity index (χ4v) is 5.91. The van der Waals surface area contributed by atoms with Crippen molar-refractivity contribution in [3.8, 4) is 5.75 Å². The molecular weight excluding hydrogens is 502 g/mol. The molecule has 2 atom stereocenters. The van der Waals surface area contributed by atoms with E-state index in [2.05, 4.69) is 22.0 Å². The summed E-state index contributed by atoms with van der Waals surface area (Å²) in [5.41, 5.74) is 4.07. The van der Waals surface area contributed by atoms with Gasteiger partial charge >= 0.3 is 0 Å². The summed E-state index contributed by atoms with van der Waals surface area (Å²) in [5, 5.41) is 0. The Kier molecular flexibility index (Phi) is 8.65. The predicted molar refractivity (Wildman–Crippen MR) is 157 cm³/mol. The lowest BCUT2D eigenvalue weighted by Crippen LogP contribution is -2.46. The van der Waals surface area contributed by atoms with Gasteiger partial charge in [0.2, 0.25) is 5.91 Å². The molecular formula is C32H39N5O3. The fourth-order valence-electron chi connectivity index (χ4n) is 5.91. The van der Waals surface area contributed by atoms with Gasteiger partial charge < -0.3 is 19.4 Å². The second kappa shape index (κ2) is 12.5. The highest BCUT2D eigenvalue weighted by atomic mass is 16.5. The zero-order valence-corrected chi connectivity index (χ0v) is 23.7. The Labute approximate surface area is 237 Å². The Morgan fingerprint density at radius 1 is 0.975 bits per heavy atom. The third-order valence-electron chi connectivity index (χ3n) is 8.08. The number of fused-ring (bicyclic) bond motifs is 3. The SMILES string of the molecule is CC(=O)N1CCC2CCC(CN(C(=O)COc3cccc(N(C)C)c3)Cc3ccccc31)N2Cc1ccncc1. The second-order valence-electron chi connectivity index (χ2n) is 11.0. The van der Waals surface area contributed by atoms with Gasteiger partial charge in [-0.05, 0) is 60.7 Å². The molecule has 5 rings (SSSR count). The molecule has 1 aromatic heterocycles. The van der Waals surface area contributed by atoms with Gasteiger partial charge in [-0.2, -0.15) is 0 Å². The number of hydrogen-bond acceptors (Lipinski definition) is 6. The van der Waals surface area contributed by atoms with E-state index in [-0.39, 0.29) is 24.5 Å². The Hall–Kier alpha value is -3.91. The molecule has 3 aromatic rings. The number of pyridine rings is 1. The highest BCUT2D eigenvalue weighted by Crippen LogP contribution is 2.32. The molecule has 8 heteroatoms. The van der Waals surface area contributed by atoms with Crippen molar-refractivity contribution in [2.75, 3.05) is 43.6 Å². The number of hydrogen-bond donors (Lipinski definition) is 0. The number of nitrogens with zero attached hydrogens (tertiary/aromatic N) is 5. The zero-order chi connectivity index (χ0) is 28.1. The molecule has 1 saturated heterocycles. The number of rotatable bonds is 6. The van der Waals surface area contributed by atoms with Crippen LogP contribution in [0.5, 0.6) is 5.75 Å². The van der Waals surface area contributed by atoms with Crippen LogP contribution >= 0.6 is 0 Å². The first kappa shape index (κ1) is 27.6. The molecule has 0 N–H and O–H groups in total. The van der Waals surface area contributed by atoms with Gasteiger partial charge in [0.05, 0.1) is 0 Å². The van der Waals surface area contributed by atoms with Gasteiger partial charge in [-0.3, -0.25) is 19.5 Å². The number of para-hydroxylation sites is 1. The molecule has 3 heterocycles. The smallest absolute Gasteiger partial charge is 0.260 e. The van der Waals surface area contributed by atoms with Crippen LogP contribution < -0.4 is 14.5 Å². The van der Waals surface area contributed by atoms with E-state index in [0.717, 1.165) is 42.7 Å². The lowest BCUT2D eigenvalue weighted by Gasteiger charge is -2.34. The molecule has 0 saturated carbocycles. The highest BCUT2D eigenvalue weighted by molar-refractivity contribution is 5.92. The van der Waals surface area contributed by atoms with Crippen molar-refractivity contribution < 1.29 is 14.3 Å². The van der Waals surface area contributed by atoms with Crippen LogP contribution in [0.3, 0.4) is 0 Å². The third-order valence-corrected chi connectivity index (χ3v) is 8.08. The lowest BCUT2D eigenvalue weighted by atomic mass is 10.1. The number of carbonyl (C=O) groups excluding carboxylic acids is 2. The summed E-state index contributed by atoms with van der Waals surface area (Å²) in [5.74, 6) is 0.621. The standard InChI is InChI=1S/C32H39N5O3/c1-24(38)36-18-15-27-11-12-29(37(27)20-25-13-16-33-17-14-25)22-35(21-26-7-4-5-10-31(26)36)32(39)23-40-30-9-6-8-28(19-30)34(2)3/h4-10,13-14,16-17,19,27,29H,11-12,15,18,20-23H2,1-3H3. The molecule has 40 heavy (non-hydrogen) atoms. The first-order valence-corrected chi connectivity index (χ1v) is 14.1. The minimum atomic E-state index is -0.0639. The molecule has 2 unspecified atom stereocenters. The molecule has 2 aromatic carbocycles. The van der Waals surface area contributed by atoms with Gasteiger partial charge in [0.15, 0.2) is 6.61 Å². The van der Waals surface area contributed by atoms with E-state index in [1.165, 1.54) is 5.56 Å².